The molecule has 3 nitrogen and oxygen atoms in total. The molecule has 0 saturated carbocycles. The predicted octanol–water partition coefficient (Wildman–Crippen LogP) is 3.51. The highest BCUT2D eigenvalue weighted by molar-refractivity contribution is 5.87. The zero-order valence-electron chi connectivity index (χ0n) is 11.0. The van der Waals surface area contributed by atoms with Gasteiger partial charge in [-0.1, -0.05) is 38.6 Å². The van der Waals surface area contributed by atoms with E-state index in [9.17, 15) is 4.79 Å². The summed E-state index contributed by atoms with van der Waals surface area (Å²) in [6.45, 7) is 7.97. The van der Waals surface area contributed by atoms with Crippen molar-refractivity contribution in [2.45, 2.75) is 26.7 Å². The third-order valence-electron chi connectivity index (χ3n) is 3.51. The van der Waals surface area contributed by atoms with E-state index < -0.39 is 11.4 Å². The Morgan fingerprint density at radius 1 is 1.28 bits per heavy atom. The molecule has 0 unspecified atom stereocenters. The Labute approximate surface area is 108 Å². The van der Waals surface area contributed by atoms with Gasteiger partial charge in [0.15, 0.2) is 0 Å². The first kappa shape index (κ1) is 14.3. The third kappa shape index (κ3) is 3.13. The highest BCUT2D eigenvalue weighted by atomic mass is 16.5. The van der Waals surface area contributed by atoms with E-state index in [1.807, 2.05) is 44.2 Å². The van der Waals surface area contributed by atoms with Crippen LogP contribution >= 0.6 is 0 Å². The van der Waals surface area contributed by atoms with E-state index in [2.05, 4.69) is 6.58 Å². The van der Waals surface area contributed by atoms with Crippen molar-refractivity contribution in [3.8, 4) is 5.75 Å². The first-order chi connectivity index (χ1) is 8.55. The van der Waals surface area contributed by atoms with Gasteiger partial charge >= 0.3 is 5.97 Å². The average molecular weight is 248 g/mol. The number of carbonyl (C=O) groups is 1. The maximum atomic E-state index is 11.1. The van der Waals surface area contributed by atoms with Crippen LogP contribution in [-0.4, -0.2) is 17.7 Å². The molecule has 0 aliphatic heterocycles. The quantitative estimate of drug-likeness (QED) is 0.751. The SMILES string of the molecule is C=C(C(=O)O)C(CC)(CC)COc1ccccc1. The van der Waals surface area contributed by atoms with Crippen LogP contribution in [0.1, 0.15) is 26.7 Å². The Balaban J connectivity index is 2.80. The van der Waals surface area contributed by atoms with Gasteiger partial charge in [0.05, 0.1) is 6.61 Å². The van der Waals surface area contributed by atoms with Crippen LogP contribution < -0.4 is 4.74 Å². The minimum absolute atomic E-state index is 0.225. The van der Waals surface area contributed by atoms with E-state index in [4.69, 9.17) is 9.84 Å². The van der Waals surface area contributed by atoms with Gasteiger partial charge in [0, 0.05) is 11.0 Å². The van der Waals surface area contributed by atoms with Gasteiger partial charge in [-0.3, -0.25) is 0 Å². The lowest BCUT2D eigenvalue weighted by Gasteiger charge is -2.31. The second kappa shape index (κ2) is 6.24. The standard InChI is InChI=1S/C15H20O3/c1-4-15(5-2,12(3)14(16)17)11-18-13-9-7-6-8-10-13/h6-10H,3-5,11H2,1-2H3,(H,16,17). The van der Waals surface area contributed by atoms with E-state index >= 15 is 0 Å². The number of ether oxygens (including phenoxy) is 1. The number of rotatable bonds is 7. The number of benzene rings is 1. The largest absolute Gasteiger partial charge is 0.493 e. The maximum absolute atomic E-state index is 11.1. The summed E-state index contributed by atoms with van der Waals surface area (Å²) in [5, 5.41) is 9.12. The molecule has 1 N–H and O–H groups in total. The summed E-state index contributed by atoms with van der Waals surface area (Å²) >= 11 is 0. The Morgan fingerprint density at radius 3 is 2.28 bits per heavy atom. The lowest BCUT2D eigenvalue weighted by atomic mass is 9.76. The van der Waals surface area contributed by atoms with Gasteiger partial charge in [-0.2, -0.15) is 0 Å². The van der Waals surface area contributed by atoms with E-state index in [0.717, 1.165) is 5.75 Å². The van der Waals surface area contributed by atoms with Crippen molar-refractivity contribution in [2.75, 3.05) is 6.61 Å². The van der Waals surface area contributed by atoms with Crippen molar-refractivity contribution < 1.29 is 14.6 Å². The number of aliphatic carboxylic acids is 1. The summed E-state index contributed by atoms with van der Waals surface area (Å²) in [4.78, 5) is 11.1. The molecule has 0 fully saturated rings. The van der Waals surface area contributed by atoms with E-state index in [1.165, 1.54) is 0 Å². The van der Waals surface area contributed by atoms with Gasteiger partial charge in [0.25, 0.3) is 0 Å². The monoisotopic (exact) mass is 248 g/mol. The summed E-state index contributed by atoms with van der Waals surface area (Å²) in [7, 11) is 0. The molecule has 0 atom stereocenters. The molecule has 0 spiro atoms. The summed E-state index contributed by atoms with van der Waals surface area (Å²) in [5.41, 5.74) is -0.273. The maximum Gasteiger partial charge on any atom is 0.331 e. The summed E-state index contributed by atoms with van der Waals surface area (Å²) in [6, 6.07) is 9.41. The van der Waals surface area contributed by atoms with E-state index in [-0.39, 0.29) is 5.57 Å². The van der Waals surface area contributed by atoms with Crippen LogP contribution in [-0.2, 0) is 4.79 Å². The van der Waals surface area contributed by atoms with Gasteiger partial charge in [0.1, 0.15) is 5.75 Å². The van der Waals surface area contributed by atoms with Crippen LogP contribution in [0.5, 0.6) is 5.75 Å². The molecule has 0 heterocycles. The summed E-state index contributed by atoms with van der Waals surface area (Å²) < 4.78 is 5.70. The molecule has 0 aromatic heterocycles. The molecule has 1 aromatic carbocycles. The second-order valence-electron chi connectivity index (χ2n) is 4.37. The van der Waals surface area contributed by atoms with Crippen LogP contribution in [0.3, 0.4) is 0 Å². The Kier molecular flexibility index (Phi) is 4.95. The minimum atomic E-state index is -0.949. The van der Waals surface area contributed by atoms with Gasteiger partial charge in [-0.25, -0.2) is 4.79 Å². The van der Waals surface area contributed by atoms with Gasteiger partial charge in [0.2, 0.25) is 0 Å². The Morgan fingerprint density at radius 2 is 1.83 bits per heavy atom. The molecule has 0 bridgehead atoms. The highest BCUT2D eigenvalue weighted by Gasteiger charge is 2.34. The number of carboxylic acid groups (broad SMARTS) is 1. The fraction of sp³-hybridized carbons (Fsp3) is 0.400. The lowest BCUT2D eigenvalue weighted by molar-refractivity contribution is -0.134. The summed E-state index contributed by atoms with van der Waals surface area (Å²) in [6.07, 6.45) is 1.39. The fourth-order valence-electron chi connectivity index (χ4n) is 1.93. The van der Waals surface area contributed by atoms with E-state index in [1.54, 1.807) is 0 Å². The molecular weight excluding hydrogens is 228 g/mol. The molecule has 0 amide bonds. The first-order valence-corrected chi connectivity index (χ1v) is 6.16. The van der Waals surface area contributed by atoms with Crippen molar-refractivity contribution >= 4 is 5.97 Å². The highest BCUT2D eigenvalue weighted by Crippen LogP contribution is 2.35. The van der Waals surface area contributed by atoms with Crippen LogP contribution in [0.4, 0.5) is 0 Å². The molecule has 1 rings (SSSR count). The molecule has 0 radical (unpaired) electrons. The van der Waals surface area contributed by atoms with Crippen LogP contribution in [0.15, 0.2) is 42.5 Å². The van der Waals surface area contributed by atoms with Crippen molar-refractivity contribution in [2.24, 2.45) is 5.41 Å². The number of para-hydroxylation sites is 1. The van der Waals surface area contributed by atoms with Crippen molar-refractivity contribution in [3.05, 3.63) is 42.5 Å². The molecule has 1 aromatic rings. The molecule has 0 aliphatic rings. The molecular formula is C15H20O3. The zero-order chi connectivity index (χ0) is 13.6. The molecule has 98 valence electrons. The molecule has 0 saturated heterocycles. The average Bonchev–Trinajstić information content (AvgIpc) is 2.41. The Bertz CT molecular complexity index is 405. The van der Waals surface area contributed by atoms with Crippen LogP contribution in [0.2, 0.25) is 0 Å². The summed E-state index contributed by atoms with van der Waals surface area (Å²) in [5.74, 6) is -0.197. The second-order valence-corrected chi connectivity index (χ2v) is 4.37. The number of carboxylic acids is 1. The third-order valence-corrected chi connectivity index (χ3v) is 3.51. The first-order valence-electron chi connectivity index (χ1n) is 6.16. The molecule has 0 aliphatic carbocycles. The van der Waals surface area contributed by atoms with Crippen LogP contribution in [0.25, 0.3) is 0 Å². The smallest absolute Gasteiger partial charge is 0.331 e. The van der Waals surface area contributed by atoms with Crippen LogP contribution in [0, 0.1) is 5.41 Å². The predicted molar refractivity (Wildman–Crippen MR) is 71.7 cm³/mol. The van der Waals surface area contributed by atoms with E-state index in [0.29, 0.717) is 19.4 Å². The minimum Gasteiger partial charge on any atom is -0.493 e. The molecule has 18 heavy (non-hydrogen) atoms. The van der Waals surface area contributed by atoms with Gasteiger partial charge < -0.3 is 9.84 Å². The fourth-order valence-corrected chi connectivity index (χ4v) is 1.93. The van der Waals surface area contributed by atoms with Crippen molar-refractivity contribution in [3.63, 3.8) is 0 Å². The Hall–Kier alpha value is -1.77. The van der Waals surface area contributed by atoms with Gasteiger partial charge in [-0.15, -0.1) is 0 Å². The number of hydrogen-bond donors (Lipinski definition) is 1. The lowest BCUT2D eigenvalue weighted by Crippen LogP contribution is -2.32. The molecule has 3 heteroatoms. The van der Waals surface area contributed by atoms with Crippen molar-refractivity contribution in [1.29, 1.82) is 0 Å². The normalized spacial score (nSPS) is 11.0. The van der Waals surface area contributed by atoms with Crippen molar-refractivity contribution in [1.82, 2.24) is 0 Å². The van der Waals surface area contributed by atoms with Gasteiger partial charge in [-0.05, 0) is 25.0 Å². The zero-order valence-corrected chi connectivity index (χ0v) is 11.0. The number of hydrogen-bond acceptors (Lipinski definition) is 2. The topological polar surface area (TPSA) is 46.5 Å².